The van der Waals surface area contributed by atoms with Gasteiger partial charge in [-0.3, -0.25) is 0 Å². The summed E-state index contributed by atoms with van der Waals surface area (Å²) in [7, 11) is 3.17. The predicted molar refractivity (Wildman–Crippen MR) is 190 cm³/mol. The lowest BCUT2D eigenvalue weighted by Gasteiger charge is -2.18. The summed E-state index contributed by atoms with van der Waals surface area (Å²) in [6.45, 7) is 1.86. The second-order valence-electron chi connectivity index (χ2n) is 9.80. The highest BCUT2D eigenvalue weighted by atomic mass is 32.1. The minimum absolute atomic E-state index is 0.299. The van der Waals surface area contributed by atoms with Crippen LogP contribution in [0, 0.1) is 0 Å². The molecule has 2 aromatic heterocycles. The summed E-state index contributed by atoms with van der Waals surface area (Å²) in [5, 5.41) is 14.9. The number of rotatable bonds is 9. The summed E-state index contributed by atoms with van der Waals surface area (Å²) in [6.07, 6.45) is 1.79. The van der Waals surface area contributed by atoms with E-state index in [0.717, 1.165) is 32.5 Å². The van der Waals surface area contributed by atoms with Gasteiger partial charge in [0.15, 0.2) is 5.13 Å². The number of hydrogen-bond donors (Lipinski definition) is 2. The molecule has 0 saturated heterocycles. The summed E-state index contributed by atoms with van der Waals surface area (Å²) >= 11 is 1.52. The fraction of sp³-hybridized carbons (Fsp3) is 0.114. The van der Waals surface area contributed by atoms with Crippen molar-refractivity contribution in [3.05, 3.63) is 144 Å². The SMILES string of the molecule is CNc1nc(-c2cnc(NC)s2)cc(-c2ccccc2C(C)N=[N+]=[N-])n1.c1ccc(P(c2ccccc2)c2ccccc2)cc1. The molecule has 0 bridgehead atoms. The molecule has 0 amide bonds. The molecule has 224 valence electrons. The lowest BCUT2D eigenvalue weighted by molar-refractivity contribution is 0.809. The monoisotopic (exact) mass is 628 g/mol. The Bertz CT molecular complexity index is 1770. The molecule has 1 atom stereocenters. The van der Waals surface area contributed by atoms with Crippen LogP contribution in [0.5, 0.6) is 0 Å². The first kappa shape index (κ1) is 31.4. The van der Waals surface area contributed by atoms with E-state index in [9.17, 15) is 0 Å². The van der Waals surface area contributed by atoms with Gasteiger partial charge in [-0.15, -0.1) is 0 Å². The van der Waals surface area contributed by atoms with Gasteiger partial charge < -0.3 is 10.6 Å². The largest absolute Gasteiger partial charge is 0.365 e. The van der Waals surface area contributed by atoms with E-state index in [1.54, 1.807) is 13.2 Å². The molecule has 0 saturated carbocycles. The van der Waals surface area contributed by atoms with Crippen LogP contribution >= 0.6 is 19.3 Å². The van der Waals surface area contributed by atoms with E-state index in [0.29, 0.717) is 5.95 Å². The molecule has 0 aliphatic carbocycles. The fourth-order valence-electron chi connectivity index (χ4n) is 4.74. The van der Waals surface area contributed by atoms with E-state index in [-0.39, 0.29) is 6.04 Å². The zero-order chi connectivity index (χ0) is 31.4. The van der Waals surface area contributed by atoms with Crippen LogP contribution in [-0.2, 0) is 0 Å². The first-order chi connectivity index (χ1) is 22.1. The summed E-state index contributed by atoms with van der Waals surface area (Å²) in [5.41, 5.74) is 12.1. The van der Waals surface area contributed by atoms with Crippen LogP contribution in [0.15, 0.2) is 133 Å². The molecule has 4 aromatic carbocycles. The number of aromatic nitrogens is 3. The Kier molecular flexibility index (Phi) is 10.9. The van der Waals surface area contributed by atoms with Crippen LogP contribution in [0.3, 0.4) is 0 Å². The Morgan fingerprint density at radius 3 is 1.78 bits per heavy atom. The van der Waals surface area contributed by atoms with E-state index < -0.39 is 7.92 Å². The van der Waals surface area contributed by atoms with Crippen molar-refractivity contribution in [3.8, 4) is 21.8 Å². The van der Waals surface area contributed by atoms with Crippen LogP contribution in [0.2, 0.25) is 0 Å². The van der Waals surface area contributed by atoms with Gasteiger partial charge in [0, 0.05) is 30.8 Å². The van der Waals surface area contributed by atoms with Crippen molar-refractivity contribution in [3.63, 3.8) is 0 Å². The summed E-state index contributed by atoms with van der Waals surface area (Å²) < 4.78 is 0. The normalized spacial score (nSPS) is 11.1. The average molecular weight is 629 g/mol. The molecule has 0 fully saturated rings. The summed E-state index contributed by atoms with van der Waals surface area (Å²) in [6, 6.07) is 41.7. The molecule has 10 heteroatoms. The molecule has 8 nitrogen and oxygen atoms in total. The third kappa shape index (κ3) is 7.91. The van der Waals surface area contributed by atoms with Gasteiger partial charge in [-0.25, -0.2) is 15.0 Å². The first-order valence-electron chi connectivity index (χ1n) is 14.4. The predicted octanol–water partition coefficient (Wildman–Crippen LogP) is 8.17. The van der Waals surface area contributed by atoms with Gasteiger partial charge in [-0.05, 0) is 41.0 Å². The molecule has 0 aliphatic heterocycles. The molecule has 1 unspecified atom stereocenters. The maximum Gasteiger partial charge on any atom is 0.223 e. The number of nitrogens with zero attached hydrogens (tertiary/aromatic N) is 6. The van der Waals surface area contributed by atoms with Crippen molar-refractivity contribution in [2.75, 3.05) is 24.7 Å². The zero-order valence-corrected chi connectivity index (χ0v) is 27.0. The van der Waals surface area contributed by atoms with E-state index in [1.807, 2.05) is 44.3 Å². The highest BCUT2D eigenvalue weighted by Gasteiger charge is 2.16. The Hall–Kier alpha value is -5.07. The van der Waals surface area contributed by atoms with Crippen molar-refractivity contribution >= 4 is 46.3 Å². The van der Waals surface area contributed by atoms with Gasteiger partial charge in [0.1, 0.15) is 0 Å². The van der Waals surface area contributed by atoms with Gasteiger partial charge in [0.05, 0.1) is 22.3 Å². The Labute approximate surface area is 268 Å². The van der Waals surface area contributed by atoms with E-state index in [4.69, 9.17) is 5.53 Å². The second kappa shape index (κ2) is 15.6. The van der Waals surface area contributed by atoms with Gasteiger partial charge in [-0.1, -0.05) is 139 Å². The number of azide groups is 1. The Morgan fingerprint density at radius 2 is 1.27 bits per heavy atom. The minimum atomic E-state index is -0.446. The number of benzene rings is 4. The highest BCUT2D eigenvalue weighted by molar-refractivity contribution is 7.79. The van der Waals surface area contributed by atoms with Crippen LogP contribution in [0.25, 0.3) is 32.3 Å². The Morgan fingerprint density at radius 1 is 0.733 bits per heavy atom. The maximum absolute atomic E-state index is 8.77. The molecule has 6 rings (SSSR count). The minimum Gasteiger partial charge on any atom is -0.365 e. The average Bonchev–Trinajstić information content (AvgIpc) is 3.60. The van der Waals surface area contributed by atoms with E-state index in [2.05, 4.69) is 127 Å². The first-order valence-corrected chi connectivity index (χ1v) is 16.6. The van der Waals surface area contributed by atoms with Crippen molar-refractivity contribution in [2.45, 2.75) is 13.0 Å². The Balaban J connectivity index is 0.000000186. The molecule has 0 radical (unpaired) electrons. The lowest BCUT2D eigenvalue weighted by Crippen LogP contribution is -2.20. The van der Waals surface area contributed by atoms with Crippen molar-refractivity contribution < 1.29 is 0 Å². The number of nitrogens with one attached hydrogen (secondary N) is 2. The second-order valence-corrected chi connectivity index (χ2v) is 13.1. The van der Waals surface area contributed by atoms with Crippen LogP contribution in [-0.4, -0.2) is 29.0 Å². The molecular formula is C35H33N8PS. The molecule has 6 aromatic rings. The topological polar surface area (TPSA) is 111 Å². The number of hydrogen-bond acceptors (Lipinski definition) is 7. The van der Waals surface area contributed by atoms with Crippen LogP contribution < -0.4 is 26.5 Å². The third-order valence-electron chi connectivity index (χ3n) is 6.88. The molecule has 2 heterocycles. The summed E-state index contributed by atoms with van der Waals surface area (Å²) in [5.74, 6) is 0.517. The van der Waals surface area contributed by atoms with Crippen molar-refractivity contribution in [1.82, 2.24) is 15.0 Å². The quantitative estimate of drug-likeness (QED) is 0.0726. The number of anilines is 2. The molecule has 2 N–H and O–H groups in total. The van der Waals surface area contributed by atoms with Crippen molar-refractivity contribution in [2.24, 2.45) is 5.11 Å². The van der Waals surface area contributed by atoms with Crippen LogP contribution in [0.4, 0.5) is 11.1 Å². The maximum atomic E-state index is 8.77. The number of thiazole rings is 1. The van der Waals surface area contributed by atoms with E-state index in [1.165, 1.54) is 27.3 Å². The lowest BCUT2D eigenvalue weighted by atomic mass is 9.99. The highest BCUT2D eigenvalue weighted by Crippen LogP contribution is 2.34. The molecule has 0 aliphatic rings. The van der Waals surface area contributed by atoms with Crippen molar-refractivity contribution in [1.29, 1.82) is 0 Å². The van der Waals surface area contributed by atoms with Gasteiger partial charge in [0.2, 0.25) is 5.95 Å². The van der Waals surface area contributed by atoms with Gasteiger partial charge in [0.25, 0.3) is 0 Å². The standard InChI is InChI=1S/C18H15P.C17H18N8S/c1-4-10-16(11-5-1)19(17-12-6-2-7-13-17)18-14-8-3-9-15-18;1-10(24-25-18)11-6-4-5-7-12(11)13-8-14(23-16(19-2)22-13)15-9-21-17(20-3)26-15/h1-15H;4-10H,1-3H3,(H,20,21)(H,19,22,23). The zero-order valence-electron chi connectivity index (χ0n) is 25.2. The molecular weight excluding hydrogens is 595 g/mol. The third-order valence-corrected chi connectivity index (χ3v) is 10.4. The fourth-order valence-corrected chi connectivity index (χ4v) is 7.78. The molecule has 45 heavy (non-hydrogen) atoms. The van der Waals surface area contributed by atoms with Gasteiger partial charge >= 0.3 is 0 Å². The van der Waals surface area contributed by atoms with Crippen LogP contribution in [0.1, 0.15) is 18.5 Å². The van der Waals surface area contributed by atoms with Gasteiger partial charge in [-0.2, -0.15) is 0 Å². The summed E-state index contributed by atoms with van der Waals surface area (Å²) in [4.78, 5) is 17.3. The van der Waals surface area contributed by atoms with E-state index >= 15 is 0 Å². The smallest absolute Gasteiger partial charge is 0.223 e. The molecule has 0 spiro atoms.